The van der Waals surface area contributed by atoms with E-state index in [-0.39, 0.29) is 24.2 Å². The molecule has 1 aliphatic carbocycles. The van der Waals surface area contributed by atoms with Gasteiger partial charge in [-0.05, 0) is 54.9 Å². The number of aryl methyl sites for hydroxylation is 2. The van der Waals surface area contributed by atoms with Crippen LogP contribution in [0.3, 0.4) is 0 Å². The first-order chi connectivity index (χ1) is 18.3. The van der Waals surface area contributed by atoms with Gasteiger partial charge in [0.1, 0.15) is 0 Å². The number of carbonyl (C=O) groups is 1. The smallest absolute Gasteiger partial charge is 0.309 e. The Hall–Kier alpha value is -3.80. The van der Waals surface area contributed by atoms with Crippen LogP contribution in [0, 0.1) is 12.8 Å². The maximum atomic E-state index is 14.9. The molecule has 1 aromatic heterocycles. The number of carbonyl (C=O) groups excluding carboxylic acids is 1. The van der Waals surface area contributed by atoms with Crippen LogP contribution in [0.2, 0.25) is 0 Å². The van der Waals surface area contributed by atoms with Crippen LogP contribution in [0.15, 0.2) is 83.4 Å². The number of halogens is 2. The molecule has 196 valence electrons. The van der Waals surface area contributed by atoms with Crippen molar-refractivity contribution in [3.8, 4) is 22.5 Å². The maximum absolute atomic E-state index is 14.9. The second kappa shape index (κ2) is 10.9. The standard InChI is InChI=1S/C32H31F2NO3/c1-3-37-31(36)28-19-27(28)25-13-9-23(10-14-25)24-11-15-26(16-12-24)30-29(21(2)35-38-30)20-32(33,34)18-17-22-7-5-4-6-8-22/h4-16,27-28H,3,17-20H2,1-2H3. The maximum Gasteiger partial charge on any atom is 0.309 e. The summed E-state index contributed by atoms with van der Waals surface area (Å²) in [6, 6.07) is 25.2. The molecule has 3 aromatic carbocycles. The Bertz CT molecular complexity index is 1380. The highest BCUT2D eigenvalue weighted by Crippen LogP contribution is 2.48. The molecule has 0 aliphatic heterocycles. The van der Waals surface area contributed by atoms with Gasteiger partial charge in [0, 0.05) is 24.0 Å². The topological polar surface area (TPSA) is 52.3 Å². The minimum Gasteiger partial charge on any atom is -0.466 e. The quantitative estimate of drug-likeness (QED) is 0.202. The van der Waals surface area contributed by atoms with E-state index in [9.17, 15) is 13.6 Å². The monoisotopic (exact) mass is 515 g/mol. The highest BCUT2D eigenvalue weighted by atomic mass is 19.3. The van der Waals surface area contributed by atoms with Crippen molar-refractivity contribution in [3.05, 3.63) is 101 Å². The summed E-state index contributed by atoms with van der Waals surface area (Å²) in [5.74, 6) is -2.42. The second-order valence-corrected chi connectivity index (χ2v) is 9.99. The van der Waals surface area contributed by atoms with E-state index >= 15 is 0 Å². The Kier molecular flexibility index (Phi) is 7.41. The summed E-state index contributed by atoms with van der Waals surface area (Å²) in [7, 11) is 0. The number of hydrogen-bond acceptors (Lipinski definition) is 4. The van der Waals surface area contributed by atoms with Crippen LogP contribution in [0.4, 0.5) is 8.78 Å². The third-order valence-electron chi connectivity index (χ3n) is 7.24. The summed E-state index contributed by atoms with van der Waals surface area (Å²) < 4.78 is 40.5. The van der Waals surface area contributed by atoms with Crippen molar-refractivity contribution < 1.29 is 22.8 Å². The third kappa shape index (κ3) is 5.85. The molecule has 4 aromatic rings. The molecule has 1 fully saturated rings. The van der Waals surface area contributed by atoms with Crippen LogP contribution >= 0.6 is 0 Å². The number of alkyl halides is 2. The number of nitrogens with zero attached hydrogens (tertiary/aromatic N) is 1. The second-order valence-electron chi connectivity index (χ2n) is 9.99. The van der Waals surface area contributed by atoms with Gasteiger partial charge in [0.2, 0.25) is 0 Å². The van der Waals surface area contributed by atoms with Crippen LogP contribution in [-0.2, 0) is 22.4 Å². The fourth-order valence-corrected chi connectivity index (χ4v) is 4.95. The molecule has 5 rings (SSSR count). The Morgan fingerprint density at radius 1 is 0.974 bits per heavy atom. The molecule has 1 aliphatic rings. The number of benzene rings is 3. The average molecular weight is 516 g/mol. The summed E-state index contributed by atoms with van der Waals surface area (Å²) in [5.41, 5.74) is 5.72. The molecule has 38 heavy (non-hydrogen) atoms. The van der Waals surface area contributed by atoms with Gasteiger partial charge in [0.05, 0.1) is 18.2 Å². The Morgan fingerprint density at radius 3 is 2.26 bits per heavy atom. The lowest BCUT2D eigenvalue weighted by Crippen LogP contribution is -2.21. The minimum absolute atomic E-state index is 0.0367. The fraction of sp³-hybridized carbons (Fsp3) is 0.312. The average Bonchev–Trinajstić information content (AvgIpc) is 3.66. The molecule has 0 spiro atoms. The zero-order valence-corrected chi connectivity index (χ0v) is 21.6. The minimum atomic E-state index is -2.88. The third-order valence-corrected chi connectivity index (χ3v) is 7.24. The largest absolute Gasteiger partial charge is 0.466 e. The van der Waals surface area contributed by atoms with Gasteiger partial charge in [-0.25, -0.2) is 8.78 Å². The summed E-state index contributed by atoms with van der Waals surface area (Å²) >= 11 is 0. The molecule has 2 atom stereocenters. The van der Waals surface area contributed by atoms with E-state index in [0.717, 1.165) is 34.2 Å². The number of ether oxygens (including phenoxy) is 1. The van der Waals surface area contributed by atoms with Crippen molar-refractivity contribution in [2.75, 3.05) is 6.61 Å². The van der Waals surface area contributed by atoms with E-state index in [0.29, 0.717) is 30.0 Å². The van der Waals surface area contributed by atoms with Crippen molar-refractivity contribution in [1.82, 2.24) is 5.16 Å². The number of rotatable bonds is 10. The number of aromatic nitrogens is 1. The van der Waals surface area contributed by atoms with Gasteiger partial charge in [-0.1, -0.05) is 84.0 Å². The first-order valence-corrected chi connectivity index (χ1v) is 13.1. The van der Waals surface area contributed by atoms with E-state index in [1.807, 2.05) is 73.7 Å². The van der Waals surface area contributed by atoms with Gasteiger partial charge >= 0.3 is 5.97 Å². The first-order valence-electron chi connectivity index (χ1n) is 13.1. The number of hydrogen-bond donors (Lipinski definition) is 0. The highest BCUT2D eigenvalue weighted by Gasteiger charge is 2.45. The predicted molar refractivity (Wildman–Crippen MR) is 143 cm³/mol. The molecule has 1 saturated carbocycles. The van der Waals surface area contributed by atoms with E-state index in [2.05, 4.69) is 17.3 Å². The molecule has 0 bridgehead atoms. The van der Waals surface area contributed by atoms with Crippen LogP contribution in [-0.4, -0.2) is 23.7 Å². The van der Waals surface area contributed by atoms with E-state index in [4.69, 9.17) is 9.26 Å². The highest BCUT2D eigenvalue weighted by molar-refractivity contribution is 5.77. The summed E-state index contributed by atoms with van der Waals surface area (Å²) in [5, 5.41) is 4.00. The first kappa shape index (κ1) is 25.8. The van der Waals surface area contributed by atoms with Gasteiger partial charge in [-0.2, -0.15) is 0 Å². The Labute approximate surface area is 221 Å². The van der Waals surface area contributed by atoms with Crippen molar-refractivity contribution in [3.63, 3.8) is 0 Å². The van der Waals surface area contributed by atoms with Crippen molar-refractivity contribution in [2.24, 2.45) is 5.92 Å². The zero-order valence-electron chi connectivity index (χ0n) is 21.6. The SMILES string of the molecule is CCOC(=O)C1CC1c1ccc(-c2ccc(-c3onc(C)c3CC(F)(F)CCc3ccccc3)cc2)cc1. The lowest BCUT2D eigenvalue weighted by atomic mass is 9.96. The predicted octanol–water partition coefficient (Wildman–Crippen LogP) is 7.79. The normalized spacial score (nSPS) is 16.8. The molecule has 0 amide bonds. The zero-order chi connectivity index (χ0) is 26.7. The molecule has 0 N–H and O–H groups in total. The summed E-state index contributed by atoms with van der Waals surface area (Å²) in [6.07, 6.45) is 0.487. The summed E-state index contributed by atoms with van der Waals surface area (Å²) in [4.78, 5) is 11.9. The van der Waals surface area contributed by atoms with Gasteiger partial charge in [0.25, 0.3) is 5.92 Å². The lowest BCUT2D eigenvalue weighted by molar-refractivity contribution is -0.144. The van der Waals surface area contributed by atoms with Crippen molar-refractivity contribution in [1.29, 1.82) is 0 Å². The molecule has 2 unspecified atom stereocenters. The van der Waals surface area contributed by atoms with Gasteiger partial charge < -0.3 is 9.26 Å². The summed E-state index contributed by atoms with van der Waals surface area (Å²) in [6.45, 7) is 3.93. The van der Waals surface area contributed by atoms with Gasteiger partial charge in [0.15, 0.2) is 5.76 Å². The van der Waals surface area contributed by atoms with Crippen LogP contribution < -0.4 is 0 Å². The lowest BCUT2D eigenvalue weighted by Gasteiger charge is -2.16. The molecular weight excluding hydrogens is 484 g/mol. The fourth-order valence-electron chi connectivity index (χ4n) is 4.95. The van der Waals surface area contributed by atoms with E-state index < -0.39 is 12.3 Å². The van der Waals surface area contributed by atoms with Crippen LogP contribution in [0.1, 0.15) is 48.1 Å². The molecule has 1 heterocycles. The van der Waals surface area contributed by atoms with Crippen LogP contribution in [0.25, 0.3) is 22.5 Å². The van der Waals surface area contributed by atoms with Crippen LogP contribution in [0.5, 0.6) is 0 Å². The number of esters is 1. The Morgan fingerprint density at radius 2 is 1.61 bits per heavy atom. The van der Waals surface area contributed by atoms with Gasteiger partial charge in [-0.15, -0.1) is 0 Å². The van der Waals surface area contributed by atoms with Crippen molar-refractivity contribution in [2.45, 2.75) is 51.4 Å². The molecule has 0 saturated heterocycles. The van der Waals surface area contributed by atoms with Gasteiger partial charge in [-0.3, -0.25) is 4.79 Å². The molecule has 0 radical (unpaired) electrons. The van der Waals surface area contributed by atoms with E-state index in [1.54, 1.807) is 6.92 Å². The van der Waals surface area contributed by atoms with Crippen molar-refractivity contribution >= 4 is 5.97 Å². The van der Waals surface area contributed by atoms with E-state index in [1.165, 1.54) is 0 Å². The molecule has 6 heteroatoms. The molecular formula is C32H31F2NO3. The Balaban J connectivity index is 1.26. The molecule has 4 nitrogen and oxygen atoms in total.